The Morgan fingerprint density at radius 1 is 1.26 bits per heavy atom. The third-order valence-corrected chi connectivity index (χ3v) is 6.29. The predicted molar refractivity (Wildman–Crippen MR) is 90.6 cm³/mol. The molecule has 2 heterocycles. The van der Waals surface area contributed by atoms with Crippen LogP contribution >= 0.6 is 0 Å². The lowest BCUT2D eigenvalue weighted by molar-refractivity contribution is 0.151. The van der Waals surface area contributed by atoms with Gasteiger partial charge in [-0.05, 0) is 24.9 Å². The molecule has 128 valence electrons. The van der Waals surface area contributed by atoms with Crippen LogP contribution in [0.5, 0.6) is 0 Å². The molecule has 2 aliphatic rings. The summed E-state index contributed by atoms with van der Waals surface area (Å²) in [7, 11) is -3.20. The Morgan fingerprint density at radius 3 is 2.70 bits per heavy atom. The first-order chi connectivity index (χ1) is 11.0. The van der Waals surface area contributed by atoms with Gasteiger partial charge in [0.15, 0.2) is 0 Å². The van der Waals surface area contributed by atoms with Crippen LogP contribution in [0.4, 0.5) is 0 Å². The van der Waals surface area contributed by atoms with Crippen LogP contribution in [0.3, 0.4) is 0 Å². The molecule has 23 heavy (non-hydrogen) atoms. The van der Waals surface area contributed by atoms with Gasteiger partial charge in [0.25, 0.3) is 0 Å². The molecule has 3 rings (SSSR count). The third-order valence-electron chi connectivity index (χ3n) is 5.04. The number of nitrogens with zero attached hydrogens (tertiary/aromatic N) is 2. The van der Waals surface area contributed by atoms with Gasteiger partial charge in [-0.15, -0.1) is 0 Å². The first kappa shape index (κ1) is 16.9. The Morgan fingerprint density at radius 2 is 2.04 bits per heavy atom. The first-order valence-electron chi connectivity index (χ1n) is 8.26. The van der Waals surface area contributed by atoms with Crippen LogP contribution in [0.25, 0.3) is 0 Å². The summed E-state index contributed by atoms with van der Waals surface area (Å²) in [6.45, 7) is 5.61. The molecule has 1 aromatic carbocycles. The minimum atomic E-state index is -3.20. The van der Waals surface area contributed by atoms with Crippen molar-refractivity contribution in [3.8, 4) is 0 Å². The van der Waals surface area contributed by atoms with E-state index in [1.807, 2.05) is 30.3 Å². The Hall–Kier alpha value is -0.950. The SMILES string of the molecule is CS(=O)(=O)N(CCN1CC[C@@]2(CCOC2)C1)Cc1ccccc1. The number of benzene rings is 1. The standard InChI is InChI=1S/C17H26N2O3S/c1-23(20,21)19(13-16-5-3-2-4-6-16)11-10-18-9-7-17(14-18)8-12-22-15-17/h2-6H,7-15H2,1H3/t17-/m1/s1. The second kappa shape index (κ2) is 6.89. The van der Waals surface area contributed by atoms with Crippen molar-refractivity contribution >= 4 is 10.0 Å². The summed E-state index contributed by atoms with van der Waals surface area (Å²) in [5, 5.41) is 0. The van der Waals surface area contributed by atoms with E-state index in [9.17, 15) is 8.42 Å². The van der Waals surface area contributed by atoms with Gasteiger partial charge in [-0.2, -0.15) is 4.31 Å². The minimum Gasteiger partial charge on any atom is -0.381 e. The number of ether oxygens (including phenoxy) is 1. The van der Waals surface area contributed by atoms with Crippen LogP contribution in [0, 0.1) is 5.41 Å². The highest BCUT2D eigenvalue weighted by molar-refractivity contribution is 7.88. The van der Waals surface area contributed by atoms with Gasteiger partial charge in [0.2, 0.25) is 10.0 Å². The molecule has 0 unspecified atom stereocenters. The Labute approximate surface area is 139 Å². The van der Waals surface area contributed by atoms with E-state index in [2.05, 4.69) is 4.90 Å². The molecule has 0 saturated carbocycles. The Kier molecular flexibility index (Phi) is 5.06. The average Bonchev–Trinajstić information content (AvgIpc) is 3.14. The van der Waals surface area contributed by atoms with Crippen molar-refractivity contribution in [3.63, 3.8) is 0 Å². The van der Waals surface area contributed by atoms with Crippen molar-refractivity contribution in [3.05, 3.63) is 35.9 Å². The second-order valence-corrected chi connectivity index (χ2v) is 8.89. The molecule has 0 bridgehead atoms. The van der Waals surface area contributed by atoms with Crippen molar-refractivity contribution < 1.29 is 13.2 Å². The molecule has 6 heteroatoms. The molecule has 0 amide bonds. The fourth-order valence-electron chi connectivity index (χ4n) is 3.59. The number of likely N-dealkylation sites (tertiary alicyclic amines) is 1. The summed E-state index contributed by atoms with van der Waals surface area (Å²) in [5.41, 5.74) is 1.36. The van der Waals surface area contributed by atoms with Crippen molar-refractivity contribution in [1.82, 2.24) is 9.21 Å². The topological polar surface area (TPSA) is 49.9 Å². The van der Waals surface area contributed by atoms with Crippen molar-refractivity contribution in [2.45, 2.75) is 19.4 Å². The predicted octanol–water partition coefficient (Wildman–Crippen LogP) is 1.56. The zero-order valence-electron chi connectivity index (χ0n) is 13.8. The molecule has 1 atom stereocenters. The molecule has 2 saturated heterocycles. The molecule has 0 aliphatic carbocycles. The maximum Gasteiger partial charge on any atom is 0.211 e. The van der Waals surface area contributed by atoms with Crippen molar-refractivity contribution in [2.24, 2.45) is 5.41 Å². The molecule has 0 aromatic heterocycles. The van der Waals surface area contributed by atoms with Gasteiger partial charge in [0, 0.05) is 38.2 Å². The maximum absolute atomic E-state index is 12.1. The molecule has 0 N–H and O–H groups in total. The molecule has 1 aromatic rings. The largest absolute Gasteiger partial charge is 0.381 e. The summed E-state index contributed by atoms with van der Waals surface area (Å²) < 4.78 is 31.3. The lowest BCUT2D eigenvalue weighted by atomic mass is 9.87. The van der Waals surface area contributed by atoms with Crippen LogP contribution in [0.15, 0.2) is 30.3 Å². The maximum atomic E-state index is 12.1. The summed E-state index contributed by atoms with van der Waals surface area (Å²) in [6, 6.07) is 9.78. The zero-order chi connectivity index (χ0) is 16.3. The normalized spacial score (nSPS) is 25.7. The van der Waals surface area contributed by atoms with Crippen LogP contribution in [-0.2, 0) is 21.3 Å². The summed E-state index contributed by atoms with van der Waals surface area (Å²) in [4.78, 5) is 2.39. The van der Waals surface area contributed by atoms with E-state index in [0.717, 1.165) is 44.8 Å². The second-order valence-electron chi connectivity index (χ2n) is 6.91. The van der Waals surface area contributed by atoms with E-state index in [1.54, 1.807) is 4.31 Å². The highest BCUT2D eigenvalue weighted by atomic mass is 32.2. The fraction of sp³-hybridized carbons (Fsp3) is 0.647. The summed E-state index contributed by atoms with van der Waals surface area (Å²) in [5.74, 6) is 0. The molecule has 1 spiro atoms. The van der Waals surface area contributed by atoms with E-state index in [1.165, 1.54) is 12.7 Å². The third kappa shape index (κ3) is 4.32. The quantitative estimate of drug-likeness (QED) is 0.790. The van der Waals surface area contributed by atoms with Gasteiger partial charge in [0.1, 0.15) is 0 Å². The molecule has 2 fully saturated rings. The monoisotopic (exact) mass is 338 g/mol. The zero-order valence-corrected chi connectivity index (χ0v) is 14.6. The summed E-state index contributed by atoms with van der Waals surface area (Å²) in [6.07, 6.45) is 3.61. The minimum absolute atomic E-state index is 0.329. The lowest BCUT2D eigenvalue weighted by Crippen LogP contribution is -2.38. The van der Waals surface area contributed by atoms with Gasteiger partial charge in [-0.3, -0.25) is 0 Å². The number of hydrogen-bond donors (Lipinski definition) is 0. The van der Waals surface area contributed by atoms with Crippen LogP contribution in [-0.4, -0.2) is 63.3 Å². The van der Waals surface area contributed by atoms with Gasteiger partial charge in [-0.1, -0.05) is 30.3 Å². The van der Waals surface area contributed by atoms with E-state index in [0.29, 0.717) is 18.5 Å². The molecule has 5 nitrogen and oxygen atoms in total. The Balaban J connectivity index is 1.57. The van der Waals surface area contributed by atoms with E-state index >= 15 is 0 Å². The molecular weight excluding hydrogens is 312 g/mol. The van der Waals surface area contributed by atoms with E-state index < -0.39 is 10.0 Å². The van der Waals surface area contributed by atoms with Gasteiger partial charge in [-0.25, -0.2) is 8.42 Å². The summed E-state index contributed by atoms with van der Waals surface area (Å²) >= 11 is 0. The van der Waals surface area contributed by atoms with Crippen LogP contribution < -0.4 is 0 Å². The smallest absolute Gasteiger partial charge is 0.211 e. The first-order valence-corrected chi connectivity index (χ1v) is 10.1. The molecular formula is C17H26N2O3S. The van der Waals surface area contributed by atoms with Crippen LogP contribution in [0.2, 0.25) is 0 Å². The molecule has 2 aliphatic heterocycles. The van der Waals surface area contributed by atoms with Crippen molar-refractivity contribution in [1.29, 1.82) is 0 Å². The van der Waals surface area contributed by atoms with Gasteiger partial charge < -0.3 is 9.64 Å². The van der Waals surface area contributed by atoms with E-state index in [4.69, 9.17) is 4.74 Å². The van der Waals surface area contributed by atoms with Gasteiger partial charge in [0.05, 0.1) is 12.9 Å². The van der Waals surface area contributed by atoms with Crippen LogP contribution in [0.1, 0.15) is 18.4 Å². The number of sulfonamides is 1. The van der Waals surface area contributed by atoms with Gasteiger partial charge >= 0.3 is 0 Å². The van der Waals surface area contributed by atoms with E-state index in [-0.39, 0.29) is 0 Å². The van der Waals surface area contributed by atoms with Crippen molar-refractivity contribution in [2.75, 3.05) is 45.6 Å². The lowest BCUT2D eigenvalue weighted by Gasteiger charge is -2.25. The highest BCUT2D eigenvalue weighted by Crippen LogP contribution is 2.37. The molecule has 0 radical (unpaired) electrons. The highest BCUT2D eigenvalue weighted by Gasteiger charge is 2.41. The number of rotatable bonds is 6. The number of hydrogen-bond acceptors (Lipinski definition) is 4. The fourth-order valence-corrected chi connectivity index (χ4v) is 4.39. The Bertz CT molecular complexity index is 612. The average molecular weight is 338 g/mol.